The highest BCUT2D eigenvalue weighted by atomic mass is 16.5. The Hall–Kier alpha value is -2.57. The fourth-order valence-corrected chi connectivity index (χ4v) is 3.74. The Labute approximate surface area is 152 Å². The van der Waals surface area contributed by atoms with Gasteiger partial charge in [0.05, 0.1) is 7.11 Å². The summed E-state index contributed by atoms with van der Waals surface area (Å²) in [5, 5.41) is 2.83. The summed E-state index contributed by atoms with van der Waals surface area (Å²) < 4.78 is 10.3. The van der Waals surface area contributed by atoms with Crippen molar-refractivity contribution in [2.24, 2.45) is 5.92 Å². The molecule has 140 valence electrons. The van der Waals surface area contributed by atoms with E-state index in [1.165, 1.54) is 0 Å². The van der Waals surface area contributed by atoms with Gasteiger partial charge in [0.1, 0.15) is 24.4 Å². The number of imide groups is 1. The lowest BCUT2D eigenvalue weighted by Crippen LogP contribution is -2.54. The molecule has 1 aliphatic carbocycles. The van der Waals surface area contributed by atoms with Crippen LogP contribution >= 0.6 is 0 Å². The number of carbonyl (C=O) groups excluding carboxylic acids is 3. The van der Waals surface area contributed by atoms with Crippen LogP contribution in [-0.2, 0) is 20.9 Å². The van der Waals surface area contributed by atoms with Crippen molar-refractivity contribution in [1.82, 2.24) is 10.2 Å². The highest BCUT2D eigenvalue weighted by Gasteiger charge is 2.55. The molecule has 7 heteroatoms. The van der Waals surface area contributed by atoms with Gasteiger partial charge in [0.2, 0.25) is 0 Å². The lowest BCUT2D eigenvalue weighted by atomic mass is 9.73. The van der Waals surface area contributed by atoms with Gasteiger partial charge >= 0.3 is 12.0 Å². The molecule has 1 aromatic carbocycles. The summed E-state index contributed by atoms with van der Waals surface area (Å²) >= 11 is 0. The number of hydrogen-bond acceptors (Lipinski definition) is 5. The van der Waals surface area contributed by atoms with Crippen molar-refractivity contribution >= 4 is 17.9 Å². The summed E-state index contributed by atoms with van der Waals surface area (Å²) in [6.07, 6.45) is 3.45. The van der Waals surface area contributed by atoms with Crippen molar-refractivity contribution in [2.45, 2.75) is 44.8 Å². The predicted octanol–water partition coefficient (Wildman–Crippen LogP) is 2.24. The second kappa shape index (κ2) is 7.35. The van der Waals surface area contributed by atoms with Crippen molar-refractivity contribution in [1.29, 1.82) is 0 Å². The van der Waals surface area contributed by atoms with Crippen LogP contribution in [-0.4, -0.2) is 42.0 Å². The second-order valence-corrected chi connectivity index (χ2v) is 6.95. The van der Waals surface area contributed by atoms with Crippen LogP contribution in [0, 0.1) is 5.92 Å². The molecule has 1 spiro atoms. The Kier molecular flexibility index (Phi) is 5.15. The molecule has 2 aliphatic rings. The molecule has 3 amide bonds. The Morgan fingerprint density at radius 2 is 2.15 bits per heavy atom. The molecular formula is C19H24N2O5. The monoisotopic (exact) mass is 360 g/mol. The number of methoxy groups -OCH3 is 1. The standard InChI is InChI=1S/C19H24N2O5/c1-13-6-3-4-9-19(13)17(23)21(18(24)20-19)11-16(22)26-12-14-7-5-8-15(10-14)25-2/h5,7-8,10,13H,3-4,6,9,11-12H2,1-2H3,(H,20,24). The number of esters is 1. The van der Waals surface area contributed by atoms with Gasteiger partial charge in [-0.05, 0) is 36.5 Å². The minimum absolute atomic E-state index is 0.0568. The predicted molar refractivity (Wildman–Crippen MR) is 93.4 cm³/mol. The van der Waals surface area contributed by atoms with Crippen LogP contribution in [0.4, 0.5) is 4.79 Å². The van der Waals surface area contributed by atoms with E-state index in [9.17, 15) is 14.4 Å². The number of hydrogen-bond donors (Lipinski definition) is 1. The Morgan fingerprint density at radius 1 is 1.35 bits per heavy atom. The second-order valence-electron chi connectivity index (χ2n) is 6.95. The van der Waals surface area contributed by atoms with Gasteiger partial charge in [-0.2, -0.15) is 0 Å². The van der Waals surface area contributed by atoms with Gasteiger partial charge in [-0.15, -0.1) is 0 Å². The van der Waals surface area contributed by atoms with Crippen molar-refractivity contribution < 1.29 is 23.9 Å². The summed E-state index contributed by atoms with van der Waals surface area (Å²) in [4.78, 5) is 38.2. The van der Waals surface area contributed by atoms with Crippen LogP contribution < -0.4 is 10.1 Å². The van der Waals surface area contributed by atoms with Crippen molar-refractivity contribution in [3.05, 3.63) is 29.8 Å². The lowest BCUT2D eigenvalue weighted by molar-refractivity contribution is -0.149. The maximum absolute atomic E-state index is 12.8. The van der Waals surface area contributed by atoms with E-state index in [2.05, 4.69) is 5.32 Å². The third kappa shape index (κ3) is 3.38. The number of benzene rings is 1. The molecule has 1 heterocycles. The lowest BCUT2D eigenvalue weighted by Gasteiger charge is -2.36. The van der Waals surface area contributed by atoms with Crippen LogP contribution in [0.3, 0.4) is 0 Å². The SMILES string of the molecule is COc1cccc(COC(=O)CN2C(=O)NC3(CCCCC3C)C2=O)c1. The van der Waals surface area contributed by atoms with Gasteiger partial charge in [0.15, 0.2) is 0 Å². The fraction of sp³-hybridized carbons (Fsp3) is 0.526. The smallest absolute Gasteiger partial charge is 0.326 e. The molecule has 2 atom stereocenters. The zero-order chi connectivity index (χ0) is 18.7. The van der Waals surface area contributed by atoms with Crippen LogP contribution in [0.1, 0.15) is 38.2 Å². The van der Waals surface area contributed by atoms with E-state index in [-0.39, 0.29) is 25.0 Å². The van der Waals surface area contributed by atoms with E-state index in [1.807, 2.05) is 13.0 Å². The first-order chi connectivity index (χ1) is 12.5. The van der Waals surface area contributed by atoms with E-state index in [0.29, 0.717) is 12.2 Å². The molecule has 1 aromatic rings. The maximum Gasteiger partial charge on any atom is 0.326 e. The van der Waals surface area contributed by atoms with Gasteiger partial charge in [0, 0.05) is 0 Å². The molecule has 1 aliphatic heterocycles. The summed E-state index contributed by atoms with van der Waals surface area (Å²) in [5.41, 5.74) is -0.0881. The quantitative estimate of drug-likeness (QED) is 0.643. The molecule has 2 fully saturated rings. The first kappa shape index (κ1) is 18.2. The zero-order valence-electron chi connectivity index (χ0n) is 15.1. The van der Waals surface area contributed by atoms with E-state index >= 15 is 0 Å². The van der Waals surface area contributed by atoms with Gasteiger partial charge in [-0.3, -0.25) is 14.5 Å². The van der Waals surface area contributed by atoms with Gasteiger partial charge in [-0.1, -0.05) is 31.9 Å². The molecule has 1 saturated heterocycles. The molecule has 3 rings (SSSR count). The number of nitrogens with zero attached hydrogens (tertiary/aromatic N) is 1. The molecule has 1 N–H and O–H groups in total. The van der Waals surface area contributed by atoms with Crippen LogP contribution in [0.15, 0.2) is 24.3 Å². The number of carbonyl (C=O) groups is 3. The molecule has 0 aromatic heterocycles. The number of urea groups is 1. The van der Waals surface area contributed by atoms with Crippen LogP contribution in [0.5, 0.6) is 5.75 Å². The van der Waals surface area contributed by atoms with E-state index in [1.54, 1.807) is 25.3 Å². The van der Waals surface area contributed by atoms with Crippen LogP contribution in [0.25, 0.3) is 0 Å². The number of ether oxygens (including phenoxy) is 2. The number of amides is 3. The summed E-state index contributed by atoms with van der Waals surface area (Å²) in [6.45, 7) is 1.66. The topological polar surface area (TPSA) is 84.9 Å². The molecule has 0 radical (unpaired) electrons. The first-order valence-electron chi connectivity index (χ1n) is 8.89. The maximum atomic E-state index is 12.8. The van der Waals surface area contributed by atoms with Crippen LogP contribution in [0.2, 0.25) is 0 Å². The van der Waals surface area contributed by atoms with Crippen molar-refractivity contribution in [3.63, 3.8) is 0 Å². The fourth-order valence-electron chi connectivity index (χ4n) is 3.74. The minimum Gasteiger partial charge on any atom is -0.497 e. The van der Waals surface area contributed by atoms with E-state index in [0.717, 1.165) is 29.7 Å². The van der Waals surface area contributed by atoms with Crippen molar-refractivity contribution in [3.8, 4) is 5.75 Å². The Bertz CT molecular complexity index is 720. The summed E-state index contributed by atoms with van der Waals surface area (Å²) in [7, 11) is 1.56. The zero-order valence-corrected chi connectivity index (χ0v) is 15.1. The Morgan fingerprint density at radius 3 is 2.88 bits per heavy atom. The highest BCUT2D eigenvalue weighted by Crippen LogP contribution is 2.38. The first-order valence-corrected chi connectivity index (χ1v) is 8.89. The summed E-state index contributed by atoms with van der Waals surface area (Å²) in [6, 6.07) is 6.65. The van der Waals surface area contributed by atoms with Crippen molar-refractivity contribution in [2.75, 3.05) is 13.7 Å². The van der Waals surface area contributed by atoms with Gasteiger partial charge < -0.3 is 14.8 Å². The van der Waals surface area contributed by atoms with Gasteiger partial charge in [-0.25, -0.2) is 4.79 Å². The minimum atomic E-state index is -0.859. The third-order valence-corrected chi connectivity index (χ3v) is 5.32. The molecular weight excluding hydrogens is 336 g/mol. The Balaban J connectivity index is 1.60. The van der Waals surface area contributed by atoms with Gasteiger partial charge in [0.25, 0.3) is 5.91 Å². The molecule has 0 bridgehead atoms. The third-order valence-electron chi connectivity index (χ3n) is 5.32. The number of rotatable bonds is 5. The van der Waals surface area contributed by atoms with E-state index in [4.69, 9.17) is 9.47 Å². The molecule has 26 heavy (non-hydrogen) atoms. The average Bonchev–Trinajstić information content (AvgIpc) is 2.88. The molecule has 7 nitrogen and oxygen atoms in total. The highest BCUT2D eigenvalue weighted by molar-refractivity contribution is 6.08. The molecule has 1 saturated carbocycles. The summed E-state index contributed by atoms with van der Waals surface area (Å²) in [5.74, 6) is -0.198. The normalized spacial score (nSPS) is 25.3. The van der Waals surface area contributed by atoms with E-state index < -0.39 is 17.5 Å². The average molecular weight is 360 g/mol. The molecule has 2 unspecified atom stereocenters. The number of nitrogens with one attached hydrogen (secondary N) is 1. The largest absolute Gasteiger partial charge is 0.497 e.